The number of nitrogen functional groups attached to an aromatic ring is 1. The zero-order valence-electron chi connectivity index (χ0n) is 15.9. The van der Waals surface area contributed by atoms with Gasteiger partial charge in [-0.1, -0.05) is 55.8 Å². The third kappa shape index (κ3) is 2.66. The number of nitrogens with one attached hydrogen (secondary N) is 1. The first-order valence-electron chi connectivity index (χ1n) is 9.28. The summed E-state index contributed by atoms with van der Waals surface area (Å²) in [5.41, 5.74) is 7.93. The number of nitrogens with two attached hydrogens (primary N) is 1. The number of aryl methyl sites for hydroxylation is 1. The quantitative estimate of drug-likeness (QED) is 0.551. The predicted molar refractivity (Wildman–Crippen MR) is 109 cm³/mol. The molecule has 5 nitrogen and oxygen atoms in total. The smallest absolute Gasteiger partial charge is 0.263 e. The number of benzene rings is 2. The van der Waals surface area contributed by atoms with Crippen molar-refractivity contribution in [1.82, 2.24) is 9.55 Å². The number of anilines is 1. The second-order valence-corrected chi connectivity index (χ2v) is 7.53. The predicted octanol–water partition coefficient (Wildman–Crippen LogP) is 3.72. The molecule has 3 N–H and O–H groups in total. The molecule has 0 unspecified atom stereocenters. The Morgan fingerprint density at radius 3 is 2.56 bits per heavy atom. The van der Waals surface area contributed by atoms with Crippen LogP contribution in [0, 0.1) is 6.92 Å². The lowest BCUT2D eigenvalue weighted by Gasteiger charge is -2.35. The molecule has 0 bridgehead atoms. The summed E-state index contributed by atoms with van der Waals surface area (Å²) in [6.45, 7) is 6.30. The summed E-state index contributed by atoms with van der Waals surface area (Å²) in [4.78, 5) is 18.5. The van der Waals surface area contributed by atoms with E-state index < -0.39 is 0 Å². The van der Waals surface area contributed by atoms with Gasteiger partial charge in [0, 0.05) is 11.0 Å². The summed E-state index contributed by atoms with van der Waals surface area (Å²) in [5, 5.41) is 0. The standard InChI is InChI=1S/C22H24N4O/c1-4-22(3)13-15-7-5-6-8-17(15)19-18(22)20(27)26(21(24-19)25-23)16-11-9-14(2)10-12-16/h5-12H,4,13,23H2,1-3H3,(H,24,25)/t22-/m0/s1. The molecule has 0 aliphatic heterocycles. The van der Waals surface area contributed by atoms with E-state index in [2.05, 4.69) is 25.3 Å². The molecule has 0 radical (unpaired) electrons. The van der Waals surface area contributed by atoms with Gasteiger partial charge < -0.3 is 0 Å². The van der Waals surface area contributed by atoms with E-state index in [0.29, 0.717) is 5.95 Å². The molecule has 1 aliphatic rings. The largest absolute Gasteiger partial charge is 0.293 e. The van der Waals surface area contributed by atoms with E-state index in [0.717, 1.165) is 40.9 Å². The van der Waals surface area contributed by atoms with Crippen LogP contribution in [0.5, 0.6) is 0 Å². The molecule has 0 spiro atoms. The van der Waals surface area contributed by atoms with Gasteiger partial charge >= 0.3 is 0 Å². The molecule has 3 aromatic rings. The van der Waals surface area contributed by atoms with E-state index in [9.17, 15) is 4.79 Å². The van der Waals surface area contributed by atoms with Crippen LogP contribution < -0.4 is 16.8 Å². The SMILES string of the molecule is CC[C@@]1(C)Cc2ccccc2-c2nc(NN)n(-c3ccc(C)cc3)c(=O)c21. The van der Waals surface area contributed by atoms with Crippen LogP contribution in [0.4, 0.5) is 5.95 Å². The van der Waals surface area contributed by atoms with E-state index >= 15 is 0 Å². The maximum absolute atomic E-state index is 13.7. The lowest BCUT2D eigenvalue weighted by Crippen LogP contribution is -2.40. The Bertz CT molecular complexity index is 1070. The number of nitrogens with zero attached hydrogens (tertiary/aromatic N) is 2. The van der Waals surface area contributed by atoms with Gasteiger partial charge in [0.15, 0.2) is 0 Å². The molecule has 1 heterocycles. The lowest BCUT2D eigenvalue weighted by atomic mass is 9.69. The van der Waals surface area contributed by atoms with Crippen molar-refractivity contribution in [2.24, 2.45) is 5.84 Å². The minimum absolute atomic E-state index is 0.0596. The molecule has 138 valence electrons. The van der Waals surface area contributed by atoms with E-state index in [1.54, 1.807) is 4.57 Å². The van der Waals surface area contributed by atoms with Gasteiger partial charge in [0.25, 0.3) is 5.56 Å². The Kier molecular flexibility index (Phi) is 4.12. The third-order valence-corrected chi connectivity index (χ3v) is 5.74. The van der Waals surface area contributed by atoms with Crippen molar-refractivity contribution >= 4 is 5.95 Å². The zero-order valence-corrected chi connectivity index (χ0v) is 15.9. The molecule has 4 rings (SSSR count). The monoisotopic (exact) mass is 360 g/mol. The number of rotatable bonds is 3. The Labute approximate surface area is 158 Å². The van der Waals surface area contributed by atoms with Crippen LogP contribution in [0.25, 0.3) is 16.9 Å². The second-order valence-electron chi connectivity index (χ2n) is 7.53. The Morgan fingerprint density at radius 2 is 1.89 bits per heavy atom. The highest BCUT2D eigenvalue weighted by Crippen LogP contribution is 2.42. The van der Waals surface area contributed by atoms with Crippen LogP contribution in [0.15, 0.2) is 53.3 Å². The first-order chi connectivity index (χ1) is 13.0. The van der Waals surface area contributed by atoms with Crippen LogP contribution in [-0.2, 0) is 11.8 Å². The molecule has 5 heteroatoms. The van der Waals surface area contributed by atoms with Crippen molar-refractivity contribution in [3.63, 3.8) is 0 Å². The van der Waals surface area contributed by atoms with Crippen LogP contribution in [0.3, 0.4) is 0 Å². The van der Waals surface area contributed by atoms with Gasteiger partial charge in [-0.3, -0.25) is 10.2 Å². The second kappa shape index (κ2) is 6.35. The number of hydrogen-bond donors (Lipinski definition) is 2. The van der Waals surface area contributed by atoms with Gasteiger partial charge in [-0.15, -0.1) is 0 Å². The number of aromatic nitrogens is 2. The van der Waals surface area contributed by atoms with Crippen LogP contribution in [-0.4, -0.2) is 9.55 Å². The summed E-state index contributed by atoms with van der Waals surface area (Å²) < 4.78 is 1.58. The minimum Gasteiger partial charge on any atom is -0.293 e. The van der Waals surface area contributed by atoms with E-state index in [1.165, 1.54) is 5.56 Å². The molecule has 0 saturated heterocycles. The minimum atomic E-state index is -0.270. The normalized spacial score (nSPS) is 17.9. The maximum Gasteiger partial charge on any atom is 0.263 e. The van der Waals surface area contributed by atoms with E-state index in [1.807, 2.05) is 49.4 Å². The van der Waals surface area contributed by atoms with Crippen LogP contribution in [0.2, 0.25) is 0 Å². The number of fused-ring (bicyclic) bond motifs is 3. The summed E-state index contributed by atoms with van der Waals surface area (Å²) in [5.74, 6) is 6.11. The first-order valence-corrected chi connectivity index (χ1v) is 9.28. The average Bonchev–Trinajstić information content (AvgIpc) is 2.68. The van der Waals surface area contributed by atoms with Gasteiger partial charge in [0.2, 0.25) is 5.95 Å². The zero-order chi connectivity index (χ0) is 19.2. The molecule has 1 atom stereocenters. The molecule has 0 amide bonds. The van der Waals surface area contributed by atoms with E-state index in [4.69, 9.17) is 10.8 Å². The fourth-order valence-electron chi connectivity index (χ4n) is 4.01. The Balaban J connectivity index is 2.08. The highest BCUT2D eigenvalue weighted by molar-refractivity contribution is 5.72. The summed E-state index contributed by atoms with van der Waals surface area (Å²) >= 11 is 0. The van der Waals surface area contributed by atoms with Gasteiger partial charge in [0.1, 0.15) is 0 Å². The van der Waals surface area contributed by atoms with Gasteiger partial charge in [-0.05, 0) is 37.5 Å². The summed E-state index contributed by atoms with van der Waals surface area (Å²) in [6, 6.07) is 16.0. The van der Waals surface area contributed by atoms with Gasteiger partial charge in [-0.25, -0.2) is 15.4 Å². The number of hydrazine groups is 1. The Hall–Kier alpha value is -2.92. The Morgan fingerprint density at radius 1 is 1.19 bits per heavy atom. The third-order valence-electron chi connectivity index (χ3n) is 5.74. The molecular weight excluding hydrogens is 336 g/mol. The molecule has 27 heavy (non-hydrogen) atoms. The molecule has 1 aromatic heterocycles. The highest BCUT2D eigenvalue weighted by Gasteiger charge is 2.38. The van der Waals surface area contributed by atoms with Crippen LogP contribution >= 0.6 is 0 Å². The van der Waals surface area contributed by atoms with E-state index in [-0.39, 0.29) is 11.0 Å². The topological polar surface area (TPSA) is 72.9 Å². The lowest BCUT2D eigenvalue weighted by molar-refractivity contribution is 0.439. The molecule has 2 aromatic carbocycles. The molecular formula is C22H24N4O. The molecule has 1 aliphatic carbocycles. The fraction of sp³-hybridized carbons (Fsp3) is 0.273. The molecule has 0 fully saturated rings. The van der Waals surface area contributed by atoms with Crippen molar-refractivity contribution in [3.8, 4) is 16.9 Å². The fourth-order valence-corrected chi connectivity index (χ4v) is 4.01. The first kappa shape index (κ1) is 17.5. The van der Waals surface area contributed by atoms with Crippen molar-refractivity contribution in [2.45, 2.75) is 39.0 Å². The summed E-state index contributed by atoms with van der Waals surface area (Å²) in [7, 11) is 0. The highest BCUT2D eigenvalue weighted by atomic mass is 16.1. The van der Waals surface area contributed by atoms with Crippen molar-refractivity contribution in [3.05, 3.63) is 75.6 Å². The molecule has 0 saturated carbocycles. The van der Waals surface area contributed by atoms with Gasteiger partial charge in [0.05, 0.1) is 16.9 Å². The van der Waals surface area contributed by atoms with Crippen molar-refractivity contribution < 1.29 is 0 Å². The summed E-state index contributed by atoms with van der Waals surface area (Å²) in [6.07, 6.45) is 1.68. The maximum atomic E-state index is 13.7. The average molecular weight is 360 g/mol. The van der Waals surface area contributed by atoms with Crippen molar-refractivity contribution in [1.29, 1.82) is 0 Å². The van der Waals surface area contributed by atoms with Crippen molar-refractivity contribution in [2.75, 3.05) is 5.43 Å². The number of hydrogen-bond acceptors (Lipinski definition) is 4. The van der Waals surface area contributed by atoms with Crippen LogP contribution in [0.1, 0.15) is 37.0 Å². The van der Waals surface area contributed by atoms with Gasteiger partial charge in [-0.2, -0.15) is 0 Å².